The fourth-order valence-electron chi connectivity index (χ4n) is 4.76. The summed E-state index contributed by atoms with van der Waals surface area (Å²) in [5.41, 5.74) is 2.96. The molecule has 4 rings (SSSR count). The maximum atomic E-state index is 13.0. The molecule has 0 spiro atoms. The third kappa shape index (κ3) is 10.8. The Balaban J connectivity index is 0.00000462. The Hall–Kier alpha value is -2.90. The summed E-state index contributed by atoms with van der Waals surface area (Å²) < 4.78 is 32.1. The molecule has 0 saturated heterocycles. The summed E-state index contributed by atoms with van der Waals surface area (Å²) in [5.74, 6) is 1.30. The number of thiazole rings is 1. The van der Waals surface area contributed by atoms with Crippen molar-refractivity contribution in [1.29, 1.82) is 0 Å². The Bertz CT molecular complexity index is 1360. The maximum Gasteiger partial charge on any atom is 0.584 e. The van der Waals surface area contributed by atoms with E-state index in [2.05, 4.69) is 6.92 Å². The number of ether oxygens (including phenoxy) is 1. The molecule has 1 heterocycles. The molecule has 7 nitrogen and oxygen atoms in total. The standard InChI is InChI=1S/C32H40NO5PS.H2O/c1-2-3-4-5-6-7-8-9-10-13-22-36-31-19-20-32(30-18-12-11-17-29(30)31)38-39(34,35)37-28-16-14-15-27(24-28)25-33-21-23-40-26-33;/h11-12,14-21,23-24,26H,2-10,13,22,25H2,1H3;1H2. The number of phosphoric ester groups is 1. The maximum absolute atomic E-state index is 13.0. The zero-order chi connectivity index (χ0) is 28.0. The summed E-state index contributed by atoms with van der Waals surface area (Å²) in [4.78, 5) is 10.6. The quantitative estimate of drug-likeness (QED) is 0.0696. The van der Waals surface area contributed by atoms with Crippen LogP contribution in [0.25, 0.3) is 10.8 Å². The molecule has 3 aromatic carbocycles. The van der Waals surface area contributed by atoms with Gasteiger partial charge in [-0.05, 0) is 30.7 Å². The van der Waals surface area contributed by atoms with E-state index >= 15 is 0 Å². The van der Waals surface area contributed by atoms with Crippen molar-refractivity contribution in [3.63, 3.8) is 0 Å². The number of nitrogens with zero attached hydrogens (tertiary/aromatic N) is 1. The van der Waals surface area contributed by atoms with Gasteiger partial charge >= 0.3 is 7.82 Å². The van der Waals surface area contributed by atoms with E-state index in [1.807, 2.05) is 52.0 Å². The van der Waals surface area contributed by atoms with Crippen molar-refractivity contribution < 1.29 is 33.3 Å². The van der Waals surface area contributed by atoms with Crippen molar-refractivity contribution in [2.75, 3.05) is 6.61 Å². The van der Waals surface area contributed by atoms with Crippen molar-refractivity contribution in [2.24, 2.45) is 0 Å². The lowest BCUT2D eigenvalue weighted by molar-refractivity contribution is -0.683. The van der Waals surface area contributed by atoms with Gasteiger partial charge in [-0.15, -0.1) is 0 Å². The molecule has 1 atom stereocenters. The summed E-state index contributed by atoms with van der Waals surface area (Å²) in [7, 11) is -4.44. The molecule has 4 aromatic rings. The molecule has 0 radical (unpaired) electrons. The van der Waals surface area contributed by atoms with E-state index in [1.54, 1.807) is 41.7 Å². The van der Waals surface area contributed by atoms with Crippen LogP contribution in [0, 0.1) is 0 Å². The van der Waals surface area contributed by atoms with Crippen molar-refractivity contribution in [3.05, 3.63) is 83.3 Å². The van der Waals surface area contributed by atoms with Gasteiger partial charge in [0.1, 0.15) is 17.2 Å². The predicted molar refractivity (Wildman–Crippen MR) is 164 cm³/mol. The number of phosphoric acid groups is 1. The Morgan fingerprint density at radius 1 is 0.805 bits per heavy atom. The van der Waals surface area contributed by atoms with Gasteiger partial charge in [0, 0.05) is 16.3 Å². The highest BCUT2D eigenvalue weighted by Gasteiger charge is 2.27. The second-order valence-electron chi connectivity index (χ2n) is 10.1. The second kappa shape index (κ2) is 17.1. The number of benzene rings is 3. The summed E-state index contributed by atoms with van der Waals surface area (Å²) in [6.45, 7) is 3.54. The van der Waals surface area contributed by atoms with E-state index in [4.69, 9.17) is 13.8 Å². The van der Waals surface area contributed by atoms with E-state index in [0.717, 1.165) is 29.5 Å². The average molecular weight is 600 g/mol. The van der Waals surface area contributed by atoms with Crippen LogP contribution in [0.5, 0.6) is 17.2 Å². The third-order valence-corrected chi connectivity index (χ3v) is 8.37. The van der Waals surface area contributed by atoms with E-state index in [9.17, 15) is 9.46 Å². The number of unbranched alkanes of at least 4 members (excludes halogenated alkanes) is 9. The van der Waals surface area contributed by atoms with Crippen molar-refractivity contribution in [2.45, 2.75) is 77.7 Å². The van der Waals surface area contributed by atoms with Crippen LogP contribution >= 0.6 is 19.2 Å². The van der Waals surface area contributed by atoms with Crippen LogP contribution in [-0.2, 0) is 11.1 Å². The van der Waals surface area contributed by atoms with Gasteiger partial charge in [-0.1, -0.05) is 112 Å². The number of hydrogen-bond acceptors (Lipinski definition) is 6. The number of hydrogen-bond donors (Lipinski definition) is 1. The van der Waals surface area contributed by atoms with Gasteiger partial charge in [0.25, 0.3) is 0 Å². The highest BCUT2D eigenvalue weighted by atomic mass is 32.1. The Labute approximate surface area is 247 Å². The van der Waals surface area contributed by atoms with Gasteiger partial charge in [-0.3, -0.25) is 4.89 Å². The van der Waals surface area contributed by atoms with Gasteiger partial charge in [-0.25, -0.2) is 4.57 Å². The molecule has 0 aliphatic carbocycles. The summed E-state index contributed by atoms with van der Waals surface area (Å²) in [6.07, 6.45) is 14.8. The molecule has 0 bridgehead atoms. The normalized spacial score (nSPS) is 12.4. The van der Waals surface area contributed by atoms with Crippen LogP contribution < -0.4 is 18.4 Å². The lowest BCUT2D eigenvalue weighted by Gasteiger charge is -2.17. The van der Waals surface area contributed by atoms with Crippen LogP contribution in [0.4, 0.5) is 0 Å². The molecule has 0 amide bonds. The Morgan fingerprint density at radius 3 is 2.15 bits per heavy atom. The van der Waals surface area contributed by atoms with Crippen LogP contribution in [-0.4, -0.2) is 17.0 Å². The van der Waals surface area contributed by atoms with Gasteiger partial charge in [0.2, 0.25) is 5.51 Å². The molecule has 1 unspecified atom stereocenters. The smallest absolute Gasteiger partial charge is 0.584 e. The average Bonchev–Trinajstić information content (AvgIpc) is 3.45. The molecular weight excluding hydrogens is 557 g/mol. The molecular formula is C32H42NO6PS. The first-order valence-corrected chi connectivity index (χ1v) is 16.8. The fourth-order valence-corrected chi connectivity index (χ4v) is 6.18. The Kier molecular flexibility index (Phi) is 13.6. The zero-order valence-electron chi connectivity index (χ0n) is 23.8. The van der Waals surface area contributed by atoms with Crippen molar-refractivity contribution in [3.8, 4) is 17.2 Å². The third-order valence-electron chi connectivity index (χ3n) is 6.82. The lowest BCUT2D eigenvalue weighted by Crippen LogP contribution is -2.30. The second-order valence-corrected chi connectivity index (χ2v) is 12.2. The van der Waals surface area contributed by atoms with Crippen molar-refractivity contribution in [1.82, 2.24) is 0 Å². The summed E-state index contributed by atoms with van der Waals surface area (Å²) in [5, 5.41) is 3.53. The van der Waals surface area contributed by atoms with Gasteiger partial charge in [-0.2, -0.15) is 4.57 Å². The molecule has 1 aromatic heterocycles. The van der Waals surface area contributed by atoms with Crippen LogP contribution in [0.1, 0.15) is 76.7 Å². The van der Waals surface area contributed by atoms with Gasteiger partial charge in [0.05, 0.1) is 12.0 Å². The minimum atomic E-state index is -4.44. The van der Waals surface area contributed by atoms with Gasteiger partial charge in [0.15, 0.2) is 12.7 Å². The van der Waals surface area contributed by atoms with Crippen LogP contribution in [0.15, 0.2) is 77.8 Å². The van der Waals surface area contributed by atoms with E-state index in [0.29, 0.717) is 18.5 Å². The first-order chi connectivity index (χ1) is 19.5. The molecule has 2 N–H and O–H groups in total. The molecule has 9 heteroatoms. The SMILES string of the molecule is CCCCCCCCCCCCOc1ccc(OP(=O)(O)Oc2cccc(C[n+]3ccsc3)c2)c2ccccc12.[OH-]. The monoisotopic (exact) mass is 599 g/mol. The Morgan fingerprint density at radius 2 is 1.46 bits per heavy atom. The number of fused-ring (bicyclic) bond motifs is 1. The van der Waals surface area contributed by atoms with Crippen LogP contribution in [0.3, 0.4) is 0 Å². The summed E-state index contributed by atoms with van der Waals surface area (Å²) in [6, 6.07) is 18.2. The number of aromatic nitrogens is 1. The highest BCUT2D eigenvalue weighted by Crippen LogP contribution is 2.47. The lowest BCUT2D eigenvalue weighted by atomic mass is 10.1. The largest absolute Gasteiger partial charge is 0.870 e. The zero-order valence-corrected chi connectivity index (χ0v) is 25.5. The van der Waals surface area contributed by atoms with E-state index in [-0.39, 0.29) is 17.0 Å². The van der Waals surface area contributed by atoms with E-state index in [1.165, 1.54) is 51.4 Å². The number of rotatable bonds is 18. The van der Waals surface area contributed by atoms with Crippen molar-refractivity contribution >= 4 is 29.9 Å². The molecule has 41 heavy (non-hydrogen) atoms. The molecule has 0 aliphatic heterocycles. The molecule has 0 aliphatic rings. The summed E-state index contributed by atoms with van der Waals surface area (Å²) >= 11 is 1.61. The molecule has 0 saturated carbocycles. The van der Waals surface area contributed by atoms with E-state index < -0.39 is 7.82 Å². The minimum absolute atomic E-state index is 0. The molecule has 222 valence electrons. The molecule has 0 fully saturated rings. The highest BCUT2D eigenvalue weighted by molar-refractivity contribution is 7.48. The fraction of sp³-hybridized carbons (Fsp3) is 0.406. The minimum Gasteiger partial charge on any atom is -0.870 e. The first kappa shape index (κ1) is 32.6. The topological polar surface area (TPSA) is 98.9 Å². The van der Waals surface area contributed by atoms with Crippen LogP contribution in [0.2, 0.25) is 0 Å². The first-order valence-electron chi connectivity index (χ1n) is 14.4. The predicted octanol–water partition coefficient (Wildman–Crippen LogP) is 8.92. The van der Waals surface area contributed by atoms with Gasteiger partial charge < -0.3 is 19.3 Å².